The van der Waals surface area contributed by atoms with Crippen LogP contribution in [0.1, 0.15) is 425 Å². The summed E-state index contributed by atoms with van der Waals surface area (Å²) in [6.07, 6.45) is 73.0. The van der Waals surface area contributed by atoms with Crippen molar-refractivity contribution in [2.45, 2.75) is 529 Å². The molecular weight excluding hydrogens is 1460 g/mol. The number of rotatable bonds is 80. The van der Waals surface area contributed by atoms with Gasteiger partial charge in [-0.1, -0.05) is 396 Å². The van der Waals surface area contributed by atoms with Crippen LogP contribution in [0.25, 0.3) is 0 Å². The van der Waals surface area contributed by atoms with E-state index in [0.717, 1.165) is 44.9 Å². The number of carbonyl (C=O) groups is 1. The Morgan fingerprint density at radius 3 is 0.870 bits per heavy atom. The molecule has 3 fully saturated rings. The van der Waals surface area contributed by atoms with Crippen LogP contribution in [0.3, 0.4) is 0 Å². The van der Waals surface area contributed by atoms with Crippen LogP contribution in [0.5, 0.6) is 0 Å². The smallest absolute Gasteiger partial charge is 0.220 e. The van der Waals surface area contributed by atoms with Crippen molar-refractivity contribution in [3.05, 3.63) is 48.6 Å². The number of unbranched alkanes of at least 4 members (excludes halogenated alkanes) is 58. The van der Waals surface area contributed by atoms with Crippen molar-refractivity contribution in [1.82, 2.24) is 5.32 Å². The molecule has 0 bridgehead atoms. The molecule has 1 amide bonds. The highest BCUT2D eigenvalue weighted by Crippen LogP contribution is 2.34. The van der Waals surface area contributed by atoms with Crippen LogP contribution in [0.2, 0.25) is 0 Å². The first-order valence-corrected chi connectivity index (χ1v) is 48.4. The zero-order valence-corrected chi connectivity index (χ0v) is 73.3. The Labute approximate surface area is 701 Å². The van der Waals surface area contributed by atoms with E-state index in [1.54, 1.807) is 6.08 Å². The van der Waals surface area contributed by atoms with Gasteiger partial charge in [0.2, 0.25) is 5.91 Å². The summed E-state index contributed by atoms with van der Waals surface area (Å²) < 4.78 is 34.5. The highest BCUT2D eigenvalue weighted by Gasteiger charge is 2.54. The number of allylic oxidation sites excluding steroid dienone is 7. The van der Waals surface area contributed by atoms with E-state index in [4.69, 9.17) is 28.4 Å². The molecule has 0 saturated carbocycles. The molecule has 17 unspecified atom stereocenters. The fourth-order valence-electron chi connectivity index (χ4n) is 16.4. The van der Waals surface area contributed by atoms with Crippen molar-refractivity contribution in [2.75, 3.05) is 26.4 Å². The van der Waals surface area contributed by atoms with Gasteiger partial charge in [-0.3, -0.25) is 4.79 Å². The SMILES string of the molecule is CCCCCCCCCC/C=C\CCCCCCCCCCCCCCCCCCCCCCCCCCCCCC(=O)NC(COC1OC(CO)C(OC2OC(CO)C(OC3OC(CO)C(O)C(O)C3O)C(O)C2O)C(O)C1O)C(O)/C=C/CC/C=C/CC/C=C/CCCCCCCCCCCCCCCCCCCCCCC. The summed E-state index contributed by atoms with van der Waals surface area (Å²) in [5, 5.41) is 121. The van der Waals surface area contributed by atoms with E-state index >= 15 is 0 Å². The average Bonchev–Trinajstić information content (AvgIpc) is 0.779. The Morgan fingerprint density at radius 1 is 0.304 bits per heavy atom. The number of hydrogen-bond acceptors (Lipinski definition) is 18. The molecule has 0 spiro atoms. The van der Waals surface area contributed by atoms with Gasteiger partial charge in [-0.05, 0) is 70.6 Å². The molecule has 19 nitrogen and oxygen atoms in total. The minimum absolute atomic E-state index is 0.236. The predicted octanol–water partition coefficient (Wildman–Crippen LogP) is 19.5. The minimum atomic E-state index is -1.98. The summed E-state index contributed by atoms with van der Waals surface area (Å²) >= 11 is 0. The summed E-state index contributed by atoms with van der Waals surface area (Å²) in [6.45, 7) is 1.78. The van der Waals surface area contributed by atoms with Crippen LogP contribution in [0.4, 0.5) is 0 Å². The molecule has 17 atom stereocenters. The van der Waals surface area contributed by atoms with E-state index in [9.17, 15) is 61.0 Å². The van der Waals surface area contributed by atoms with Crippen molar-refractivity contribution in [1.29, 1.82) is 0 Å². The Kier molecular flexibility index (Phi) is 70.2. The Hall–Kier alpha value is -2.25. The van der Waals surface area contributed by atoms with Gasteiger partial charge in [0.1, 0.15) is 73.2 Å². The monoisotopic (exact) mass is 1630 g/mol. The molecule has 3 heterocycles. The third-order valence-corrected chi connectivity index (χ3v) is 24.1. The average molecular weight is 1640 g/mol. The standard InChI is InChI=1S/C96H179NO18/c1-3-5-7-9-11-13-15-17-19-21-23-25-27-29-31-33-35-36-37-38-39-40-41-42-44-46-48-50-52-54-56-58-60-62-64-66-68-70-72-74-84(102)97-79(80(101)73-71-69-67-65-63-61-59-57-55-53-51-49-47-45-43-34-32-30-28-26-24-22-20-18-16-14-12-10-8-6-4-2)78-110-94-90(108)87(105)92(82(76-99)112-94)115-96-91(109)88(106)93(83(77-100)113-96)114-95-89(107)86(104)85(103)81(75-98)111-95/h21,23,55,57,63,65,71,73,79-83,85-96,98-101,103-109H,3-20,22,24-54,56,58-62,64,66-70,72,74-78H2,1-2H3,(H,97,102)/b23-21-,57-55+,65-63+,73-71+. The Morgan fingerprint density at radius 2 is 0.557 bits per heavy atom. The molecule has 0 radical (unpaired) electrons. The summed E-state index contributed by atoms with van der Waals surface area (Å²) in [6, 6.07) is -0.998. The van der Waals surface area contributed by atoms with Crippen molar-refractivity contribution in [3.8, 4) is 0 Å². The molecule has 19 heteroatoms. The molecule has 676 valence electrons. The van der Waals surface area contributed by atoms with Gasteiger partial charge in [0, 0.05) is 6.42 Å². The minimum Gasteiger partial charge on any atom is -0.394 e. The largest absolute Gasteiger partial charge is 0.394 e. The van der Waals surface area contributed by atoms with Crippen LogP contribution in [0, 0.1) is 0 Å². The quantitative estimate of drug-likeness (QED) is 0.0199. The van der Waals surface area contributed by atoms with E-state index in [1.807, 2.05) is 6.08 Å². The normalized spacial score (nSPS) is 24.8. The maximum atomic E-state index is 13.5. The number of nitrogens with one attached hydrogen (secondary N) is 1. The van der Waals surface area contributed by atoms with E-state index in [1.165, 1.54) is 347 Å². The van der Waals surface area contributed by atoms with Crippen molar-refractivity contribution < 1.29 is 89.4 Å². The number of carbonyl (C=O) groups excluding carboxylic acids is 1. The second-order valence-electron chi connectivity index (χ2n) is 34.5. The molecule has 0 aromatic heterocycles. The molecule has 0 aromatic rings. The molecule has 0 aliphatic carbocycles. The molecule has 3 aliphatic rings. The first-order valence-electron chi connectivity index (χ1n) is 48.4. The van der Waals surface area contributed by atoms with E-state index in [2.05, 4.69) is 55.6 Å². The summed E-state index contributed by atoms with van der Waals surface area (Å²) in [5.74, 6) is -0.281. The molecule has 3 aliphatic heterocycles. The predicted molar refractivity (Wildman–Crippen MR) is 466 cm³/mol. The second kappa shape index (κ2) is 75.5. The van der Waals surface area contributed by atoms with E-state index in [-0.39, 0.29) is 18.9 Å². The maximum Gasteiger partial charge on any atom is 0.220 e. The first kappa shape index (κ1) is 107. The van der Waals surface area contributed by atoms with Gasteiger partial charge >= 0.3 is 0 Å². The summed E-state index contributed by atoms with van der Waals surface area (Å²) in [4.78, 5) is 13.5. The molecule has 0 aromatic carbocycles. The van der Waals surface area contributed by atoms with Crippen LogP contribution in [0.15, 0.2) is 48.6 Å². The lowest BCUT2D eigenvalue weighted by atomic mass is 9.96. The van der Waals surface area contributed by atoms with E-state index in [0.29, 0.717) is 12.8 Å². The van der Waals surface area contributed by atoms with Crippen LogP contribution in [-0.4, -0.2) is 193 Å². The third-order valence-electron chi connectivity index (χ3n) is 24.1. The number of amides is 1. The number of hydrogen-bond donors (Lipinski definition) is 12. The third kappa shape index (κ3) is 53.4. The molecule has 3 rings (SSSR count). The van der Waals surface area contributed by atoms with Crippen molar-refractivity contribution in [3.63, 3.8) is 0 Å². The molecule has 3 saturated heterocycles. The molecule has 12 N–H and O–H groups in total. The zero-order chi connectivity index (χ0) is 83.1. The lowest BCUT2D eigenvalue weighted by molar-refractivity contribution is -0.379. The lowest BCUT2D eigenvalue weighted by Gasteiger charge is -2.48. The van der Waals surface area contributed by atoms with Gasteiger partial charge in [-0.2, -0.15) is 0 Å². The van der Waals surface area contributed by atoms with Crippen LogP contribution < -0.4 is 5.32 Å². The Bertz CT molecular complexity index is 2260. The summed E-state index contributed by atoms with van der Waals surface area (Å²) in [7, 11) is 0. The summed E-state index contributed by atoms with van der Waals surface area (Å²) in [5.41, 5.74) is 0. The topological polar surface area (TPSA) is 307 Å². The lowest BCUT2D eigenvalue weighted by Crippen LogP contribution is -2.66. The van der Waals surface area contributed by atoms with Gasteiger partial charge in [-0.25, -0.2) is 0 Å². The highest BCUT2D eigenvalue weighted by molar-refractivity contribution is 5.76. The van der Waals surface area contributed by atoms with Gasteiger partial charge in [0.15, 0.2) is 18.9 Å². The Balaban J connectivity index is 1.30. The van der Waals surface area contributed by atoms with Crippen LogP contribution >= 0.6 is 0 Å². The van der Waals surface area contributed by atoms with Crippen molar-refractivity contribution >= 4 is 5.91 Å². The maximum absolute atomic E-state index is 13.5. The van der Waals surface area contributed by atoms with Crippen molar-refractivity contribution in [2.24, 2.45) is 0 Å². The zero-order valence-electron chi connectivity index (χ0n) is 73.3. The number of aliphatic hydroxyl groups is 11. The molecule has 115 heavy (non-hydrogen) atoms. The van der Waals surface area contributed by atoms with Crippen LogP contribution in [-0.2, 0) is 33.2 Å². The van der Waals surface area contributed by atoms with Gasteiger partial charge in [0.25, 0.3) is 0 Å². The van der Waals surface area contributed by atoms with Gasteiger partial charge < -0.3 is 89.9 Å². The number of aliphatic hydroxyl groups excluding tert-OH is 11. The highest BCUT2D eigenvalue weighted by atomic mass is 16.8. The fraction of sp³-hybridized carbons (Fsp3) is 0.906. The molecular formula is C96H179NO18. The second-order valence-corrected chi connectivity index (χ2v) is 34.5. The van der Waals surface area contributed by atoms with E-state index < -0.39 is 124 Å². The number of ether oxygens (including phenoxy) is 6. The van der Waals surface area contributed by atoms with Gasteiger partial charge in [-0.15, -0.1) is 0 Å². The fourth-order valence-corrected chi connectivity index (χ4v) is 16.4. The first-order chi connectivity index (χ1) is 56.3. The van der Waals surface area contributed by atoms with Gasteiger partial charge in [0.05, 0.1) is 38.6 Å².